The molecule has 30 heavy (non-hydrogen) atoms. The first-order chi connectivity index (χ1) is 14.6. The van der Waals surface area contributed by atoms with Crippen molar-refractivity contribution in [2.45, 2.75) is 18.9 Å². The lowest BCUT2D eigenvalue weighted by Crippen LogP contribution is -2.57. The Morgan fingerprint density at radius 3 is 2.70 bits per heavy atom. The van der Waals surface area contributed by atoms with E-state index in [1.165, 1.54) is 0 Å². The number of anilines is 1. The molecule has 2 amide bonds. The molecule has 3 aromatic rings. The second kappa shape index (κ2) is 7.60. The van der Waals surface area contributed by atoms with Gasteiger partial charge in [-0.2, -0.15) is 0 Å². The Morgan fingerprint density at radius 1 is 1.10 bits per heavy atom. The zero-order valence-corrected chi connectivity index (χ0v) is 17.0. The van der Waals surface area contributed by atoms with E-state index in [-0.39, 0.29) is 6.04 Å². The Hall–Kier alpha value is -3.13. The largest absolute Gasteiger partial charge is 0.356 e. The van der Waals surface area contributed by atoms with Crippen molar-refractivity contribution in [1.82, 2.24) is 25.2 Å². The van der Waals surface area contributed by atoms with Gasteiger partial charge in [0.2, 0.25) is 0 Å². The first kappa shape index (κ1) is 18.9. The minimum atomic E-state index is -0.501. The summed E-state index contributed by atoms with van der Waals surface area (Å²) >= 11 is 6.43. The van der Waals surface area contributed by atoms with Gasteiger partial charge in [-0.3, -0.25) is 9.59 Å². The van der Waals surface area contributed by atoms with Gasteiger partial charge in [0, 0.05) is 44.0 Å². The molecular formula is C21H21ClN6O2. The van der Waals surface area contributed by atoms with E-state index >= 15 is 0 Å². The van der Waals surface area contributed by atoms with Gasteiger partial charge in [-0.15, -0.1) is 0 Å². The number of fused-ring (bicyclic) bond motifs is 1. The molecule has 0 spiro atoms. The maximum absolute atomic E-state index is 12.2. The van der Waals surface area contributed by atoms with Gasteiger partial charge in [0.15, 0.2) is 0 Å². The predicted octanol–water partition coefficient (Wildman–Crippen LogP) is 2.21. The number of imidazole rings is 1. The Labute approximate surface area is 178 Å². The lowest BCUT2D eigenvalue weighted by molar-refractivity contribution is -0.150. The number of piperidine rings is 1. The van der Waals surface area contributed by atoms with E-state index in [9.17, 15) is 9.59 Å². The summed E-state index contributed by atoms with van der Waals surface area (Å²) in [6, 6.07) is 9.90. The van der Waals surface area contributed by atoms with Crippen LogP contribution in [0.1, 0.15) is 12.8 Å². The Kier molecular flexibility index (Phi) is 4.78. The average Bonchev–Trinajstić information content (AvgIpc) is 3.20. The summed E-state index contributed by atoms with van der Waals surface area (Å²) in [6.07, 6.45) is 3.25. The summed E-state index contributed by atoms with van der Waals surface area (Å²) in [5.74, 6) is 0.621. The zero-order chi connectivity index (χ0) is 20.7. The van der Waals surface area contributed by atoms with Gasteiger partial charge < -0.3 is 20.1 Å². The van der Waals surface area contributed by atoms with Crippen LogP contribution in [0.25, 0.3) is 22.4 Å². The van der Waals surface area contributed by atoms with Crippen molar-refractivity contribution in [3.8, 4) is 11.4 Å². The fourth-order valence-electron chi connectivity index (χ4n) is 4.21. The molecule has 9 heteroatoms. The van der Waals surface area contributed by atoms with Crippen LogP contribution in [0.2, 0.25) is 5.02 Å². The molecule has 0 atom stereocenters. The highest BCUT2D eigenvalue weighted by Gasteiger charge is 2.34. The van der Waals surface area contributed by atoms with Crippen molar-refractivity contribution < 1.29 is 9.59 Å². The summed E-state index contributed by atoms with van der Waals surface area (Å²) in [6.45, 7) is 2.60. The quantitative estimate of drug-likeness (QED) is 0.628. The number of aromatic amines is 1. The maximum Gasteiger partial charge on any atom is 0.312 e. The molecule has 154 valence electrons. The fourth-order valence-corrected chi connectivity index (χ4v) is 4.41. The minimum absolute atomic E-state index is 0.0851. The topological polar surface area (TPSA) is 94.2 Å². The fraction of sp³-hybridized carbons (Fsp3) is 0.333. The number of hydrogen-bond acceptors (Lipinski definition) is 5. The van der Waals surface area contributed by atoms with Crippen LogP contribution in [-0.4, -0.2) is 63.9 Å². The molecule has 0 unspecified atom stereocenters. The van der Waals surface area contributed by atoms with E-state index in [0.29, 0.717) is 23.9 Å². The van der Waals surface area contributed by atoms with Gasteiger partial charge in [-0.05, 0) is 31.0 Å². The van der Waals surface area contributed by atoms with Gasteiger partial charge in [0.1, 0.15) is 11.6 Å². The van der Waals surface area contributed by atoms with Crippen LogP contribution in [0.4, 0.5) is 5.82 Å². The van der Waals surface area contributed by atoms with Crippen LogP contribution >= 0.6 is 11.6 Å². The summed E-state index contributed by atoms with van der Waals surface area (Å²) in [4.78, 5) is 40.2. The lowest BCUT2D eigenvalue weighted by atomic mass is 10.0. The molecule has 2 fully saturated rings. The van der Waals surface area contributed by atoms with Gasteiger partial charge in [0.05, 0.1) is 16.1 Å². The predicted molar refractivity (Wildman–Crippen MR) is 114 cm³/mol. The van der Waals surface area contributed by atoms with Crippen molar-refractivity contribution in [2.24, 2.45) is 0 Å². The van der Waals surface area contributed by atoms with Gasteiger partial charge in [0.25, 0.3) is 0 Å². The Morgan fingerprint density at radius 2 is 1.90 bits per heavy atom. The van der Waals surface area contributed by atoms with E-state index in [1.807, 2.05) is 30.3 Å². The summed E-state index contributed by atoms with van der Waals surface area (Å²) in [5, 5.41) is 3.14. The summed E-state index contributed by atoms with van der Waals surface area (Å²) < 4.78 is 0. The van der Waals surface area contributed by atoms with Crippen molar-refractivity contribution in [3.63, 3.8) is 0 Å². The van der Waals surface area contributed by atoms with Crippen LogP contribution in [0, 0.1) is 0 Å². The molecule has 0 radical (unpaired) electrons. The second-order valence-electron chi connectivity index (χ2n) is 7.60. The molecule has 2 aliphatic heterocycles. The van der Waals surface area contributed by atoms with Crippen LogP contribution < -0.4 is 10.2 Å². The first-order valence-electron chi connectivity index (χ1n) is 10.0. The number of piperazine rings is 1. The van der Waals surface area contributed by atoms with Crippen LogP contribution in [0.15, 0.2) is 36.5 Å². The average molecular weight is 425 g/mol. The number of carbonyl (C=O) groups excluding carboxylic acids is 2. The molecule has 2 N–H and O–H groups in total. The number of nitrogens with zero attached hydrogens (tertiary/aromatic N) is 4. The van der Waals surface area contributed by atoms with Gasteiger partial charge in [-0.25, -0.2) is 9.97 Å². The highest BCUT2D eigenvalue weighted by Crippen LogP contribution is 2.31. The van der Waals surface area contributed by atoms with Crippen LogP contribution in [0.3, 0.4) is 0 Å². The number of para-hydroxylation sites is 2. The zero-order valence-electron chi connectivity index (χ0n) is 16.3. The monoisotopic (exact) mass is 424 g/mol. The molecule has 0 aliphatic carbocycles. The first-order valence-corrected chi connectivity index (χ1v) is 10.4. The van der Waals surface area contributed by atoms with Crippen molar-refractivity contribution in [1.29, 1.82) is 0 Å². The molecule has 0 saturated carbocycles. The lowest BCUT2D eigenvalue weighted by Gasteiger charge is -2.40. The number of H-pyrrole nitrogens is 1. The number of hydrogen-bond donors (Lipinski definition) is 2. The number of pyridine rings is 1. The van der Waals surface area contributed by atoms with E-state index in [0.717, 1.165) is 48.3 Å². The summed E-state index contributed by atoms with van der Waals surface area (Å²) in [5.41, 5.74) is 2.65. The minimum Gasteiger partial charge on any atom is -0.356 e. The Bertz CT molecular complexity index is 1090. The number of aromatic nitrogens is 3. The number of carbonyl (C=O) groups is 2. The molecule has 2 aliphatic rings. The number of benzene rings is 1. The van der Waals surface area contributed by atoms with Crippen molar-refractivity contribution in [3.05, 3.63) is 41.6 Å². The number of halogens is 1. The molecule has 1 aromatic carbocycles. The van der Waals surface area contributed by atoms with Crippen molar-refractivity contribution >= 4 is 40.3 Å². The van der Waals surface area contributed by atoms with Gasteiger partial charge >= 0.3 is 11.8 Å². The standard InChI is InChI=1S/C21H21ClN6O2/c22-15-12-24-18(11-14(15)19-25-16-3-1-2-4-17(16)26-19)27-8-5-13(6-9-27)28-10-7-23-20(29)21(28)30/h1-4,11-13H,5-10H2,(H,23,29)(H,25,26). The van der Waals surface area contributed by atoms with Gasteiger partial charge in [-0.1, -0.05) is 23.7 Å². The smallest absolute Gasteiger partial charge is 0.312 e. The third-order valence-corrected chi connectivity index (χ3v) is 6.11. The highest BCUT2D eigenvalue weighted by molar-refractivity contribution is 6.35. The van der Waals surface area contributed by atoms with E-state index in [2.05, 4.69) is 25.2 Å². The number of rotatable bonds is 3. The van der Waals surface area contributed by atoms with Crippen molar-refractivity contribution in [2.75, 3.05) is 31.1 Å². The normalized spacial score (nSPS) is 18.2. The molecule has 5 rings (SSSR count). The third kappa shape index (κ3) is 3.37. The molecule has 8 nitrogen and oxygen atoms in total. The Balaban J connectivity index is 1.34. The molecule has 2 saturated heterocycles. The molecular weight excluding hydrogens is 404 g/mol. The van der Waals surface area contributed by atoms with E-state index < -0.39 is 11.8 Å². The summed E-state index contributed by atoms with van der Waals surface area (Å²) in [7, 11) is 0. The SMILES string of the molecule is O=C1NCCN(C2CCN(c3cc(-c4nc5ccccc5[nH]4)c(Cl)cn3)CC2)C1=O. The van der Waals surface area contributed by atoms with Crippen LogP contribution in [-0.2, 0) is 9.59 Å². The second-order valence-corrected chi connectivity index (χ2v) is 8.00. The van der Waals surface area contributed by atoms with Crippen LogP contribution in [0.5, 0.6) is 0 Å². The third-order valence-electron chi connectivity index (χ3n) is 5.81. The van der Waals surface area contributed by atoms with E-state index in [1.54, 1.807) is 11.1 Å². The van der Waals surface area contributed by atoms with E-state index in [4.69, 9.17) is 11.6 Å². The molecule has 0 bridgehead atoms. The number of amides is 2. The maximum atomic E-state index is 12.2. The number of nitrogens with one attached hydrogen (secondary N) is 2. The molecule has 2 aromatic heterocycles. The highest BCUT2D eigenvalue weighted by atomic mass is 35.5. The molecule has 4 heterocycles.